The van der Waals surface area contributed by atoms with Gasteiger partial charge in [0.25, 0.3) is 0 Å². The van der Waals surface area contributed by atoms with E-state index in [1.54, 1.807) is 30.3 Å². The maximum atomic E-state index is 12.1. The van der Waals surface area contributed by atoms with Crippen LogP contribution in [-0.4, -0.2) is 11.8 Å². The molecule has 2 rings (SSSR count). The van der Waals surface area contributed by atoms with Crippen molar-refractivity contribution in [3.63, 3.8) is 0 Å². The SMILES string of the molecule is CCCCCC(=O)Nc1cccc(NC(=O)Cc2ccc(Cl)cc2)c1. The second-order valence-corrected chi connectivity index (χ2v) is 6.37. The summed E-state index contributed by atoms with van der Waals surface area (Å²) in [7, 11) is 0. The van der Waals surface area contributed by atoms with E-state index in [1.165, 1.54) is 0 Å². The van der Waals surface area contributed by atoms with E-state index in [4.69, 9.17) is 11.6 Å². The Hall–Kier alpha value is -2.33. The zero-order valence-corrected chi connectivity index (χ0v) is 15.1. The average molecular weight is 359 g/mol. The van der Waals surface area contributed by atoms with Gasteiger partial charge in [-0.15, -0.1) is 0 Å². The highest BCUT2D eigenvalue weighted by molar-refractivity contribution is 6.30. The summed E-state index contributed by atoms with van der Waals surface area (Å²) in [5, 5.41) is 6.36. The Balaban J connectivity index is 1.88. The summed E-state index contributed by atoms with van der Waals surface area (Å²) < 4.78 is 0. The topological polar surface area (TPSA) is 58.2 Å². The maximum Gasteiger partial charge on any atom is 0.228 e. The highest BCUT2D eigenvalue weighted by atomic mass is 35.5. The van der Waals surface area contributed by atoms with Gasteiger partial charge in [-0.05, 0) is 42.3 Å². The number of hydrogen-bond acceptors (Lipinski definition) is 2. The molecule has 0 aromatic heterocycles. The van der Waals surface area contributed by atoms with E-state index in [1.807, 2.05) is 18.2 Å². The Bertz CT molecular complexity index is 714. The fourth-order valence-corrected chi connectivity index (χ4v) is 2.55. The van der Waals surface area contributed by atoms with Crippen LogP contribution in [0.4, 0.5) is 11.4 Å². The van der Waals surface area contributed by atoms with E-state index in [0.717, 1.165) is 24.8 Å². The summed E-state index contributed by atoms with van der Waals surface area (Å²) in [6.07, 6.45) is 3.81. The van der Waals surface area contributed by atoms with Gasteiger partial charge in [0, 0.05) is 22.8 Å². The Morgan fingerprint density at radius 2 is 1.56 bits per heavy atom. The largest absolute Gasteiger partial charge is 0.326 e. The van der Waals surface area contributed by atoms with E-state index in [9.17, 15) is 9.59 Å². The predicted octanol–water partition coefficient (Wildman–Crippen LogP) is 5.04. The van der Waals surface area contributed by atoms with E-state index in [0.29, 0.717) is 22.8 Å². The first-order chi connectivity index (χ1) is 12.1. The van der Waals surface area contributed by atoms with Crippen molar-refractivity contribution < 1.29 is 9.59 Å². The first-order valence-electron chi connectivity index (χ1n) is 8.51. The van der Waals surface area contributed by atoms with Crippen LogP contribution in [0.25, 0.3) is 0 Å². The third-order valence-electron chi connectivity index (χ3n) is 3.72. The van der Waals surface area contributed by atoms with Crippen LogP contribution in [0, 0.1) is 0 Å². The first-order valence-corrected chi connectivity index (χ1v) is 8.89. The zero-order valence-electron chi connectivity index (χ0n) is 14.3. The van der Waals surface area contributed by atoms with Gasteiger partial charge in [0.2, 0.25) is 11.8 Å². The van der Waals surface area contributed by atoms with E-state index in [-0.39, 0.29) is 18.2 Å². The third kappa shape index (κ3) is 6.98. The first kappa shape index (κ1) is 19.0. The second-order valence-electron chi connectivity index (χ2n) is 5.94. The molecule has 0 saturated heterocycles. The lowest BCUT2D eigenvalue weighted by Crippen LogP contribution is -2.15. The number of carbonyl (C=O) groups excluding carboxylic acids is 2. The number of benzene rings is 2. The van der Waals surface area contributed by atoms with Gasteiger partial charge in [-0.2, -0.15) is 0 Å². The van der Waals surface area contributed by atoms with E-state index < -0.39 is 0 Å². The molecule has 0 fully saturated rings. The Labute approximate surface area is 153 Å². The number of rotatable bonds is 8. The quantitative estimate of drug-likeness (QED) is 0.649. The van der Waals surface area contributed by atoms with Gasteiger partial charge in [0.05, 0.1) is 6.42 Å². The maximum absolute atomic E-state index is 12.1. The molecule has 132 valence electrons. The number of carbonyl (C=O) groups is 2. The number of amides is 2. The number of anilines is 2. The van der Waals surface area contributed by atoms with Gasteiger partial charge in [0.1, 0.15) is 0 Å². The highest BCUT2D eigenvalue weighted by Gasteiger charge is 2.06. The molecule has 2 aromatic carbocycles. The van der Waals surface area contributed by atoms with Crippen molar-refractivity contribution >= 4 is 34.8 Å². The van der Waals surface area contributed by atoms with Crippen molar-refractivity contribution in [2.45, 2.75) is 39.0 Å². The van der Waals surface area contributed by atoms with Crippen LogP contribution < -0.4 is 10.6 Å². The fraction of sp³-hybridized carbons (Fsp3) is 0.300. The van der Waals surface area contributed by atoms with Crippen LogP contribution >= 0.6 is 11.6 Å². The Morgan fingerprint density at radius 3 is 2.20 bits per heavy atom. The van der Waals surface area contributed by atoms with Gasteiger partial charge in [-0.1, -0.05) is 49.6 Å². The van der Waals surface area contributed by atoms with Crippen molar-refractivity contribution in [1.29, 1.82) is 0 Å². The third-order valence-corrected chi connectivity index (χ3v) is 3.97. The number of unbranched alkanes of at least 4 members (excludes halogenated alkanes) is 2. The average Bonchev–Trinajstić information content (AvgIpc) is 2.57. The molecule has 0 radical (unpaired) electrons. The van der Waals surface area contributed by atoms with Gasteiger partial charge in [-0.3, -0.25) is 9.59 Å². The minimum atomic E-state index is -0.117. The summed E-state index contributed by atoms with van der Waals surface area (Å²) in [4.78, 5) is 24.0. The summed E-state index contributed by atoms with van der Waals surface area (Å²) in [6, 6.07) is 14.4. The summed E-state index contributed by atoms with van der Waals surface area (Å²) in [5.74, 6) is -0.119. The molecule has 0 aliphatic heterocycles. The fourth-order valence-electron chi connectivity index (χ4n) is 2.43. The molecule has 5 heteroatoms. The van der Waals surface area contributed by atoms with E-state index in [2.05, 4.69) is 17.6 Å². The molecule has 25 heavy (non-hydrogen) atoms. The minimum absolute atomic E-state index is 0.00177. The minimum Gasteiger partial charge on any atom is -0.326 e. The van der Waals surface area contributed by atoms with Crippen LogP contribution in [0.15, 0.2) is 48.5 Å². The molecule has 2 amide bonds. The van der Waals surface area contributed by atoms with Crippen molar-refractivity contribution in [3.05, 3.63) is 59.1 Å². The number of hydrogen-bond donors (Lipinski definition) is 2. The van der Waals surface area contributed by atoms with Gasteiger partial charge in [-0.25, -0.2) is 0 Å². The molecule has 0 spiro atoms. The normalized spacial score (nSPS) is 10.3. The Kier molecular flexibility index (Phi) is 7.48. The van der Waals surface area contributed by atoms with Crippen molar-refractivity contribution in [3.8, 4) is 0 Å². The molecule has 0 atom stereocenters. The highest BCUT2D eigenvalue weighted by Crippen LogP contribution is 2.17. The van der Waals surface area contributed by atoms with Gasteiger partial charge < -0.3 is 10.6 Å². The van der Waals surface area contributed by atoms with Gasteiger partial charge in [0.15, 0.2) is 0 Å². The van der Waals surface area contributed by atoms with Crippen LogP contribution in [-0.2, 0) is 16.0 Å². The molecule has 4 nitrogen and oxygen atoms in total. The van der Waals surface area contributed by atoms with Crippen LogP contribution in [0.1, 0.15) is 38.2 Å². The summed E-state index contributed by atoms with van der Waals surface area (Å²) in [6.45, 7) is 2.11. The zero-order chi connectivity index (χ0) is 18.1. The lowest BCUT2D eigenvalue weighted by atomic mass is 10.1. The van der Waals surface area contributed by atoms with Crippen LogP contribution in [0.3, 0.4) is 0 Å². The van der Waals surface area contributed by atoms with Crippen molar-refractivity contribution in [1.82, 2.24) is 0 Å². The molecule has 0 aliphatic rings. The lowest BCUT2D eigenvalue weighted by molar-refractivity contribution is -0.116. The van der Waals surface area contributed by atoms with E-state index >= 15 is 0 Å². The molecule has 0 unspecified atom stereocenters. The van der Waals surface area contributed by atoms with Crippen molar-refractivity contribution in [2.24, 2.45) is 0 Å². The molecule has 0 saturated carbocycles. The second kappa shape index (κ2) is 9.84. The molecule has 0 heterocycles. The monoisotopic (exact) mass is 358 g/mol. The molecule has 2 aromatic rings. The standard InChI is InChI=1S/C20H23ClN2O2/c1-2-3-4-8-19(24)22-17-6-5-7-18(14-17)23-20(25)13-15-9-11-16(21)12-10-15/h5-7,9-12,14H,2-4,8,13H2,1H3,(H,22,24)(H,23,25). The molecular weight excluding hydrogens is 336 g/mol. The summed E-state index contributed by atoms with van der Waals surface area (Å²) in [5.41, 5.74) is 2.23. The lowest BCUT2D eigenvalue weighted by Gasteiger charge is -2.09. The van der Waals surface area contributed by atoms with Crippen molar-refractivity contribution in [2.75, 3.05) is 10.6 Å². The number of nitrogens with one attached hydrogen (secondary N) is 2. The molecule has 0 aliphatic carbocycles. The molecule has 0 bridgehead atoms. The molecular formula is C20H23ClN2O2. The summed E-state index contributed by atoms with van der Waals surface area (Å²) >= 11 is 5.84. The predicted molar refractivity (Wildman–Crippen MR) is 103 cm³/mol. The van der Waals surface area contributed by atoms with Crippen LogP contribution in [0.5, 0.6) is 0 Å². The van der Waals surface area contributed by atoms with Gasteiger partial charge >= 0.3 is 0 Å². The van der Waals surface area contributed by atoms with Crippen LogP contribution in [0.2, 0.25) is 5.02 Å². The Morgan fingerprint density at radius 1 is 0.920 bits per heavy atom. The molecule has 2 N–H and O–H groups in total. The smallest absolute Gasteiger partial charge is 0.228 e. The number of halogens is 1.